The molecule has 0 atom stereocenters. The molecule has 1 saturated heterocycles. The lowest BCUT2D eigenvalue weighted by molar-refractivity contribution is -0.0530. The Bertz CT molecular complexity index is 1300. The summed E-state index contributed by atoms with van der Waals surface area (Å²) in [5, 5.41) is 1.04. The fourth-order valence-electron chi connectivity index (χ4n) is 4.32. The second-order valence-electron chi connectivity index (χ2n) is 8.58. The largest absolute Gasteiger partial charge is 0.366 e. The molecule has 0 spiro atoms. The van der Waals surface area contributed by atoms with Gasteiger partial charge in [0.1, 0.15) is 23.2 Å². The summed E-state index contributed by atoms with van der Waals surface area (Å²) in [5.41, 5.74) is 3.72. The van der Waals surface area contributed by atoms with Gasteiger partial charge in [0.25, 0.3) is 0 Å². The van der Waals surface area contributed by atoms with E-state index in [1.54, 1.807) is 6.20 Å². The van der Waals surface area contributed by atoms with Crippen LogP contribution in [0.2, 0.25) is 0 Å². The van der Waals surface area contributed by atoms with Crippen molar-refractivity contribution in [2.75, 3.05) is 24.6 Å². The first-order valence-corrected chi connectivity index (χ1v) is 10.2. The Morgan fingerprint density at radius 3 is 2.87 bits per heavy atom. The summed E-state index contributed by atoms with van der Waals surface area (Å²) in [4.78, 5) is 24.2. The summed E-state index contributed by atoms with van der Waals surface area (Å²) in [5.74, 6) is 2.07. The van der Waals surface area contributed by atoms with E-state index in [1.807, 2.05) is 37.9 Å². The van der Waals surface area contributed by atoms with Crippen LogP contribution in [-0.2, 0) is 16.9 Å². The lowest BCUT2D eigenvalue weighted by atomic mass is 10.1. The number of hydrogen-bond acceptors (Lipinski definition) is 6. The zero-order valence-electron chi connectivity index (χ0n) is 17.1. The van der Waals surface area contributed by atoms with Gasteiger partial charge in [-0.05, 0) is 32.4 Å². The number of aryl methyl sites for hydroxylation is 1. The van der Waals surface area contributed by atoms with Crippen molar-refractivity contribution in [3.05, 3.63) is 29.8 Å². The highest BCUT2D eigenvalue weighted by atomic mass is 19.1. The third kappa shape index (κ3) is 2.48. The predicted octanol–water partition coefficient (Wildman–Crippen LogP) is 3.10. The standard InChI is InChI=1S/C21H22FN7O/c1-11-7-23-17-14(11)6-12(8-24-17)16-26-18(28-9-13(22)10-28)15-19(27-16)29-4-5-30-21(2,3)20(29)25-15/h6-8,13H,4-5,9-10H2,1-3H3,(H,23,24). The first kappa shape index (κ1) is 17.8. The molecule has 6 rings (SSSR count). The Kier molecular flexibility index (Phi) is 3.54. The monoisotopic (exact) mass is 407 g/mol. The fraction of sp³-hybridized carbons (Fsp3) is 0.429. The summed E-state index contributed by atoms with van der Waals surface area (Å²) in [6.45, 7) is 7.95. The molecule has 30 heavy (non-hydrogen) atoms. The van der Waals surface area contributed by atoms with Crippen molar-refractivity contribution in [1.29, 1.82) is 0 Å². The van der Waals surface area contributed by atoms with Crippen LogP contribution in [0.15, 0.2) is 18.5 Å². The second kappa shape index (κ2) is 5.98. The Hall–Kier alpha value is -3.07. The number of alkyl halides is 1. The number of nitrogens with one attached hydrogen (secondary N) is 1. The molecular weight excluding hydrogens is 385 g/mol. The number of nitrogens with zero attached hydrogens (tertiary/aromatic N) is 6. The third-order valence-corrected chi connectivity index (χ3v) is 6.03. The van der Waals surface area contributed by atoms with Crippen LogP contribution in [0.1, 0.15) is 25.2 Å². The van der Waals surface area contributed by atoms with Gasteiger partial charge in [0.15, 0.2) is 22.8 Å². The minimum Gasteiger partial charge on any atom is -0.366 e. The molecule has 0 radical (unpaired) electrons. The summed E-state index contributed by atoms with van der Waals surface area (Å²) >= 11 is 0. The van der Waals surface area contributed by atoms with Gasteiger partial charge in [-0.2, -0.15) is 0 Å². The number of anilines is 1. The number of aromatic amines is 1. The Labute approximate surface area is 172 Å². The first-order valence-electron chi connectivity index (χ1n) is 10.2. The fourth-order valence-corrected chi connectivity index (χ4v) is 4.32. The van der Waals surface area contributed by atoms with E-state index >= 15 is 0 Å². The quantitative estimate of drug-likeness (QED) is 0.550. The smallest absolute Gasteiger partial charge is 0.166 e. The van der Waals surface area contributed by atoms with Crippen molar-refractivity contribution in [2.24, 2.45) is 0 Å². The molecule has 0 unspecified atom stereocenters. The van der Waals surface area contributed by atoms with Crippen molar-refractivity contribution in [2.45, 2.75) is 39.1 Å². The molecule has 1 fully saturated rings. The van der Waals surface area contributed by atoms with Crippen LogP contribution in [0.3, 0.4) is 0 Å². The van der Waals surface area contributed by atoms with E-state index in [4.69, 9.17) is 19.7 Å². The van der Waals surface area contributed by atoms with Crippen molar-refractivity contribution in [3.8, 4) is 11.4 Å². The maximum Gasteiger partial charge on any atom is 0.166 e. The molecule has 6 heterocycles. The number of imidazole rings is 1. The highest BCUT2D eigenvalue weighted by Crippen LogP contribution is 2.36. The molecule has 0 aromatic carbocycles. The Morgan fingerprint density at radius 1 is 1.23 bits per heavy atom. The van der Waals surface area contributed by atoms with E-state index in [-0.39, 0.29) is 0 Å². The molecule has 0 saturated carbocycles. The Balaban J connectivity index is 1.60. The van der Waals surface area contributed by atoms with Gasteiger partial charge in [0.05, 0.1) is 19.7 Å². The average Bonchev–Trinajstić information content (AvgIpc) is 3.26. The van der Waals surface area contributed by atoms with E-state index in [1.165, 1.54) is 0 Å². The van der Waals surface area contributed by atoms with Gasteiger partial charge in [-0.3, -0.25) is 0 Å². The van der Waals surface area contributed by atoms with Crippen molar-refractivity contribution in [3.63, 3.8) is 0 Å². The maximum atomic E-state index is 13.7. The molecule has 8 nitrogen and oxygen atoms in total. The average molecular weight is 407 g/mol. The highest BCUT2D eigenvalue weighted by molar-refractivity contribution is 5.88. The van der Waals surface area contributed by atoms with E-state index in [9.17, 15) is 4.39 Å². The van der Waals surface area contributed by atoms with E-state index in [0.717, 1.165) is 33.6 Å². The molecule has 2 aliphatic heterocycles. The topological polar surface area (TPSA) is 84.8 Å². The molecule has 4 aromatic heterocycles. The number of rotatable bonds is 2. The van der Waals surface area contributed by atoms with Crippen LogP contribution in [0.5, 0.6) is 0 Å². The van der Waals surface area contributed by atoms with Crippen LogP contribution in [0, 0.1) is 6.92 Å². The minimum absolute atomic E-state index is 0.321. The highest BCUT2D eigenvalue weighted by Gasteiger charge is 2.36. The van der Waals surface area contributed by atoms with Crippen LogP contribution in [0.25, 0.3) is 33.6 Å². The lowest BCUT2D eigenvalue weighted by Crippen LogP contribution is -2.49. The molecule has 9 heteroatoms. The maximum absolute atomic E-state index is 13.7. The minimum atomic E-state index is -0.837. The Morgan fingerprint density at radius 2 is 2.07 bits per heavy atom. The number of H-pyrrole nitrogens is 1. The molecule has 4 aromatic rings. The van der Waals surface area contributed by atoms with Gasteiger partial charge < -0.3 is 19.2 Å². The second-order valence-corrected chi connectivity index (χ2v) is 8.58. The molecule has 2 aliphatic rings. The summed E-state index contributed by atoms with van der Waals surface area (Å²) in [6.07, 6.45) is 2.88. The predicted molar refractivity (Wildman–Crippen MR) is 111 cm³/mol. The number of pyridine rings is 1. The van der Waals surface area contributed by atoms with Crippen LogP contribution in [0.4, 0.5) is 10.2 Å². The van der Waals surface area contributed by atoms with Crippen LogP contribution < -0.4 is 4.90 Å². The van der Waals surface area contributed by atoms with Crippen molar-refractivity contribution in [1.82, 2.24) is 29.5 Å². The van der Waals surface area contributed by atoms with Crippen molar-refractivity contribution < 1.29 is 9.13 Å². The zero-order chi connectivity index (χ0) is 20.6. The van der Waals surface area contributed by atoms with Crippen LogP contribution in [-0.4, -0.2) is 55.4 Å². The number of ether oxygens (including phenoxy) is 1. The van der Waals surface area contributed by atoms with Gasteiger partial charge in [-0.1, -0.05) is 0 Å². The zero-order valence-corrected chi connectivity index (χ0v) is 17.1. The normalized spacial score (nSPS) is 18.7. The number of fused-ring (bicyclic) bond motifs is 4. The number of halogens is 1. The van der Waals surface area contributed by atoms with E-state index in [0.29, 0.717) is 43.4 Å². The summed E-state index contributed by atoms with van der Waals surface area (Å²) in [6, 6.07) is 2.05. The molecule has 154 valence electrons. The van der Waals surface area contributed by atoms with E-state index < -0.39 is 11.8 Å². The van der Waals surface area contributed by atoms with Gasteiger partial charge in [-0.15, -0.1) is 0 Å². The SMILES string of the molecule is Cc1c[nH]c2ncc(-c3nc(N4CC(F)C4)c4nc5n(c4n3)CCOC5(C)C)cc12. The molecular formula is C21H22FN7O. The third-order valence-electron chi connectivity index (χ3n) is 6.03. The first-order chi connectivity index (χ1) is 14.4. The van der Waals surface area contributed by atoms with Gasteiger partial charge in [0.2, 0.25) is 0 Å². The van der Waals surface area contributed by atoms with Gasteiger partial charge in [0, 0.05) is 29.9 Å². The summed E-state index contributed by atoms with van der Waals surface area (Å²) < 4.78 is 21.7. The molecule has 0 bridgehead atoms. The van der Waals surface area contributed by atoms with Crippen molar-refractivity contribution >= 4 is 28.0 Å². The number of aromatic nitrogens is 6. The summed E-state index contributed by atoms with van der Waals surface area (Å²) in [7, 11) is 0. The lowest BCUT2D eigenvalue weighted by Gasteiger charge is -2.35. The molecule has 0 amide bonds. The van der Waals surface area contributed by atoms with E-state index in [2.05, 4.69) is 14.5 Å². The molecule has 0 aliphatic carbocycles. The molecule has 1 N–H and O–H groups in total. The van der Waals surface area contributed by atoms with Gasteiger partial charge >= 0.3 is 0 Å². The number of hydrogen-bond donors (Lipinski definition) is 1. The van der Waals surface area contributed by atoms with Gasteiger partial charge in [-0.25, -0.2) is 24.3 Å². The van der Waals surface area contributed by atoms with Crippen LogP contribution >= 0.6 is 0 Å².